The van der Waals surface area contributed by atoms with Crippen LogP contribution in [0.3, 0.4) is 0 Å². The third kappa shape index (κ3) is 5.44. The number of benzene rings is 1. The van der Waals surface area contributed by atoms with Crippen molar-refractivity contribution in [3.05, 3.63) is 69.4 Å². The first kappa shape index (κ1) is 22.2. The quantitative estimate of drug-likeness (QED) is 0.645. The van der Waals surface area contributed by atoms with Crippen LogP contribution in [0.25, 0.3) is 0 Å². The van der Waals surface area contributed by atoms with Crippen LogP contribution in [0.2, 0.25) is 0 Å². The molecule has 1 aromatic carbocycles. The lowest BCUT2D eigenvalue weighted by Crippen LogP contribution is -2.39. The van der Waals surface area contributed by atoms with E-state index in [1.54, 1.807) is 30.6 Å². The summed E-state index contributed by atoms with van der Waals surface area (Å²) in [7, 11) is 0. The van der Waals surface area contributed by atoms with E-state index in [1.807, 2.05) is 4.57 Å². The molecular weight excluding hydrogens is 409 g/mol. The van der Waals surface area contributed by atoms with E-state index in [9.17, 15) is 18.8 Å². The average molecular weight is 440 g/mol. The van der Waals surface area contributed by atoms with Crippen LogP contribution in [0.15, 0.2) is 41.5 Å². The first-order valence-corrected chi connectivity index (χ1v) is 11.6. The molecule has 0 atom stereocenters. The zero-order valence-corrected chi connectivity index (χ0v) is 18.2. The van der Waals surface area contributed by atoms with Gasteiger partial charge in [0.15, 0.2) is 0 Å². The van der Waals surface area contributed by atoms with E-state index >= 15 is 0 Å². The average Bonchev–Trinajstić information content (AvgIpc) is 3.63. The van der Waals surface area contributed by atoms with Crippen LogP contribution in [0.5, 0.6) is 0 Å². The Morgan fingerprint density at radius 2 is 1.59 bits per heavy atom. The van der Waals surface area contributed by atoms with Gasteiger partial charge >= 0.3 is 0 Å². The molecule has 7 heteroatoms. The SMILES string of the molecule is O=C(NCCc1ccccc1F)c1cn(C2CC2)cc(C(=O)NC2CCCCCC2)c1=O. The van der Waals surface area contributed by atoms with Crippen molar-refractivity contribution in [2.24, 2.45) is 0 Å². The van der Waals surface area contributed by atoms with Crippen molar-refractivity contribution in [2.45, 2.75) is 69.9 Å². The van der Waals surface area contributed by atoms with Gasteiger partial charge in [-0.3, -0.25) is 14.4 Å². The molecule has 4 rings (SSSR count). The first-order valence-electron chi connectivity index (χ1n) is 11.6. The Hall–Kier alpha value is -2.96. The molecule has 0 bridgehead atoms. The minimum absolute atomic E-state index is 0.0166. The molecule has 1 aromatic heterocycles. The van der Waals surface area contributed by atoms with Crippen molar-refractivity contribution < 1.29 is 14.0 Å². The summed E-state index contributed by atoms with van der Waals surface area (Å²) < 4.78 is 15.6. The van der Waals surface area contributed by atoms with Gasteiger partial charge < -0.3 is 15.2 Å². The Morgan fingerprint density at radius 3 is 2.25 bits per heavy atom. The van der Waals surface area contributed by atoms with E-state index in [1.165, 1.54) is 18.9 Å². The number of halogens is 1. The number of nitrogens with zero attached hydrogens (tertiary/aromatic N) is 1. The molecule has 2 fully saturated rings. The molecule has 0 spiro atoms. The lowest BCUT2D eigenvalue weighted by molar-refractivity contribution is 0.0931. The Labute approximate surface area is 187 Å². The van der Waals surface area contributed by atoms with E-state index in [2.05, 4.69) is 10.6 Å². The maximum atomic E-state index is 13.8. The number of nitrogens with one attached hydrogen (secondary N) is 2. The Bertz CT molecular complexity index is 1040. The van der Waals surface area contributed by atoms with E-state index < -0.39 is 17.2 Å². The molecule has 32 heavy (non-hydrogen) atoms. The molecule has 2 aromatic rings. The molecule has 0 saturated heterocycles. The Morgan fingerprint density at radius 1 is 0.938 bits per heavy atom. The third-order valence-electron chi connectivity index (χ3n) is 6.33. The summed E-state index contributed by atoms with van der Waals surface area (Å²) in [6, 6.07) is 6.68. The smallest absolute Gasteiger partial charge is 0.256 e. The summed E-state index contributed by atoms with van der Waals surface area (Å²) >= 11 is 0. The first-order chi connectivity index (χ1) is 15.5. The van der Waals surface area contributed by atoms with Gasteiger partial charge in [0, 0.05) is 31.0 Å². The number of hydrogen-bond donors (Lipinski definition) is 2. The second-order valence-corrected chi connectivity index (χ2v) is 8.85. The number of pyridine rings is 1. The summed E-state index contributed by atoms with van der Waals surface area (Å²) in [5, 5.41) is 5.72. The van der Waals surface area contributed by atoms with Crippen molar-refractivity contribution in [3.63, 3.8) is 0 Å². The van der Waals surface area contributed by atoms with Crippen LogP contribution in [0, 0.1) is 5.82 Å². The highest BCUT2D eigenvalue weighted by molar-refractivity contribution is 5.99. The predicted molar refractivity (Wildman–Crippen MR) is 120 cm³/mol. The molecule has 2 saturated carbocycles. The van der Waals surface area contributed by atoms with Crippen molar-refractivity contribution >= 4 is 11.8 Å². The van der Waals surface area contributed by atoms with Crippen molar-refractivity contribution in [1.29, 1.82) is 0 Å². The van der Waals surface area contributed by atoms with Gasteiger partial charge in [0.1, 0.15) is 16.9 Å². The second-order valence-electron chi connectivity index (χ2n) is 8.85. The van der Waals surface area contributed by atoms with Gasteiger partial charge in [0.2, 0.25) is 5.43 Å². The maximum absolute atomic E-state index is 13.8. The second kappa shape index (κ2) is 10.1. The van der Waals surface area contributed by atoms with E-state index in [0.29, 0.717) is 12.0 Å². The molecule has 1 heterocycles. The molecule has 2 aliphatic rings. The number of rotatable bonds is 7. The molecule has 2 N–H and O–H groups in total. The number of amides is 2. The summed E-state index contributed by atoms with van der Waals surface area (Å²) in [6.45, 7) is 0.196. The molecular formula is C25H30FN3O3. The molecule has 2 amide bonds. The Kier molecular flexibility index (Phi) is 7.02. The normalized spacial score (nSPS) is 16.9. The Balaban J connectivity index is 1.49. The fraction of sp³-hybridized carbons (Fsp3) is 0.480. The van der Waals surface area contributed by atoms with Gasteiger partial charge in [-0.05, 0) is 43.7 Å². The van der Waals surface area contributed by atoms with Gasteiger partial charge in [0.05, 0.1) is 0 Å². The maximum Gasteiger partial charge on any atom is 0.256 e. The highest BCUT2D eigenvalue weighted by Gasteiger charge is 2.27. The van der Waals surface area contributed by atoms with Crippen molar-refractivity contribution in [1.82, 2.24) is 15.2 Å². The van der Waals surface area contributed by atoms with E-state index in [-0.39, 0.29) is 35.6 Å². The van der Waals surface area contributed by atoms with Gasteiger partial charge in [-0.25, -0.2) is 4.39 Å². The fourth-order valence-electron chi connectivity index (χ4n) is 4.30. The number of hydrogen-bond acceptors (Lipinski definition) is 3. The summed E-state index contributed by atoms with van der Waals surface area (Å²) in [5.74, 6) is -1.27. The highest BCUT2D eigenvalue weighted by Crippen LogP contribution is 2.34. The largest absolute Gasteiger partial charge is 0.352 e. The van der Waals surface area contributed by atoms with Gasteiger partial charge in [-0.15, -0.1) is 0 Å². The summed E-state index contributed by atoms with van der Waals surface area (Å²) in [5.41, 5.74) is -0.0852. The predicted octanol–water partition coefficient (Wildman–Crippen LogP) is 3.75. The zero-order valence-electron chi connectivity index (χ0n) is 18.2. The number of carbonyl (C=O) groups excluding carboxylic acids is 2. The highest BCUT2D eigenvalue weighted by atomic mass is 19.1. The molecule has 2 aliphatic carbocycles. The monoisotopic (exact) mass is 439 g/mol. The summed E-state index contributed by atoms with van der Waals surface area (Å²) in [6.07, 6.45) is 11.7. The minimum Gasteiger partial charge on any atom is -0.352 e. The number of aromatic nitrogens is 1. The molecule has 0 aliphatic heterocycles. The molecule has 0 radical (unpaired) electrons. The van der Waals surface area contributed by atoms with Crippen LogP contribution >= 0.6 is 0 Å². The van der Waals surface area contributed by atoms with Crippen molar-refractivity contribution in [2.75, 3.05) is 6.54 Å². The molecule has 6 nitrogen and oxygen atoms in total. The van der Waals surface area contributed by atoms with Crippen LogP contribution in [-0.2, 0) is 6.42 Å². The standard InChI is InChI=1S/C25H30FN3O3/c26-22-10-6-5-7-17(22)13-14-27-24(31)20-15-29(19-11-12-19)16-21(23(20)30)25(32)28-18-8-3-1-2-4-9-18/h5-7,10,15-16,18-19H,1-4,8-9,11-14H2,(H,27,31)(H,28,32). The van der Waals surface area contributed by atoms with Gasteiger partial charge in [-0.1, -0.05) is 43.9 Å². The lowest BCUT2D eigenvalue weighted by Gasteiger charge is -2.17. The lowest BCUT2D eigenvalue weighted by atomic mass is 10.1. The molecule has 170 valence electrons. The van der Waals surface area contributed by atoms with E-state index in [4.69, 9.17) is 0 Å². The van der Waals surface area contributed by atoms with Crippen molar-refractivity contribution in [3.8, 4) is 0 Å². The van der Waals surface area contributed by atoms with Crippen LogP contribution in [0.4, 0.5) is 4.39 Å². The topological polar surface area (TPSA) is 80.2 Å². The minimum atomic E-state index is -0.559. The number of carbonyl (C=O) groups is 2. The van der Waals surface area contributed by atoms with Gasteiger partial charge in [0.25, 0.3) is 11.8 Å². The molecule has 0 unspecified atom stereocenters. The zero-order chi connectivity index (χ0) is 22.5. The van der Waals surface area contributed by atoms with E-state index in [0.717, 1.165) is 38.5 Å². The summed E-state index contributed by atoms with van der Waals surface area (Å²) in [4.78, 5) is 38.8. The van der Waals surface area contributed by atoms with Crippen LogP contribution in [-0.4, -0.2) is 29.0 Å². The van der Waals surface area contributed by atoms with Crippen LogP contribution in [0.1, 0.15) is 83.7 Å². The fourth-order valence-corrected chi connectivity index (χ4v) is 4.30. The third-order valence-corrected chi connectivity index (χ3v) is 6.33. The van der Waals surface area contributed by atoms with Gasteiger partial charge in [-0.2, -0.15) is 0 Å². The van der Waals surface area contributed by atoms with Crippen LogP contribution < -0.4 is 16.1 Å².